The molecule has 0 aromatic heterocycles. The molecule has 4 fully saturated rings. The number of amides is 1. The second-order valence-electron chi connectivity index (χ2n) is 21.4. The molecule has 5 rings (SSSR count). The first-order valence-electron chi connectivity index (χ1n) is 25.7. The van der Waals surface area contributed by atoms with Crippen LogP contribution in [-0.4, -0.2) is 161 Å². The number of aliphatic hydroxyl groups is 5. The van der Waals surface area contributed by atoms with Crippen molar-refractivity contribution in [3.05, 3.63) is 47.6 Å². The molecule has 0 radical (unpaired) electrons. The number of aliphatic hydroxyl groups excluding tert-OH is 3. The number of allylic oxidation sites excluding steroid dienone is 6. The van der Waals surface area contributed by atoms with Crippen molar-refractivity contribution < 1.29 is 73.1 Å². The third-order valence-corrected chi connectivity index (χ3v) is 16.4. The molecule has 19 atom stereocenters. The topological polar surface area (TPSA) is 228 Å². The smallest absolute Gasteiger partial charge is 0.329 e. The molecule has 4 unspecified atom stereocenters. The molecule has 4 aliphatic heterocycles. The number of rotatable bonds is 7. The van der Waals surface area contributed by atoms with Crippen LogP contribution in [0.1, 0.15) is 126 Å². The number of carbonyl (C=O) groups is 4. The van der Waals surface area contributed by atoms with E-state index in [4.69, 9.17) is 28.4 Å². The van der Waals surface area contributed by atoms with Gasteiger partial charge in [-0.05, 0) is 107 Å². The van der Waals surface area contributed by atoms with E-state index >= 15 is 0 Å². The third-order valence-electron chi connectivity index (χ3n) is 16.4. The normalized spacial score (nSPS) is 44.3. The Labute approximate surface area is 415 Å². The first kappa shape index (κ1) is 57.7. The van der Waals surface area contributed by atoms with E-state index in [9.17, 15) is 44.7 Å². The van der Waals surface area contributed by atoms with Gasteiger partial charge in [0, 0.05) is 59.0 Å². The van der Waals surface area contributed by atoms with Gasteiger partial charge >= 0.3 is 5.97 Å². The maximum atomic E-state index is 14.5. The molecule has 5 aliphatic rings. The highest BCUT2D eigenvalue weighted by Crippen LogP contribution is 2.52. The summed E-state index contributed by atoms with van der Waals surface area (Å²) in [5.41, 5.74) is -1.14. The minimum absolute atomic E-state index is 0.0309. The zero-order valence-electron chi connectivity index (χ0n) is 43.5. The highest BCUT2D eigenvalue weighted by molar-refractivity contribution is 5.98. The summed E-state index contributed by atoms with van der Waals surface area (Å²) in [4.78, 5) is 58.2. The standard InChI is InChI=1S/C54H85NO15/c1-30-16-13-12-14-17-31(2)42(65-8)28-38-22-20-36(7)54(64,70-38)53(63)45-19-15-18-39(55(45)52(53)62)51(61)69-43(33(4)26-37-21-23-40(56)44(27-37)66-9)29-41(57)32(3)25-35(6)47(59)50(68-11)48(60)49(67-10)46(58)34(5)24-30/h12-14,16-17,25,30,32-34,36-40,42-45,47-50,56,59-60,63-64H,15,18-24,26-29H2,1-11H3/b14-12+,16-13+,31-17+,35-25+/t30-,32-,33-,34-,36-,37+,38+,39?,40-,42+,43+,44-,45-,47?,48?,49?,50-,53-,54-/m1/s1. The lowest BCUT2D eigenvalue weighted by Gasteiger charge is -2.64. The second-order valence-corrected chi connectivity index (χ2v) is 21.4. The monoisotopic (exact) mass is 988 g/mol. The third kappa shape index (κ3) is 12.6. The lowest BCUT2D eigenvalue weighted by Crippen LogP contribution is -2.87. The summed E-state index contributed by atoms with van der Waals surface area (Å²) in [6.45, 7) is 12.6. The van der Waals surface area contributed by atoms with E-state index in [0.29, 0.717) is 69.8 Å². The van der Waals surface area contributed by atoms with E-state index in [1.807, 2.05) is 51.2 Å². The van der Waals surface area contributed by atoms with Gasteiger partial charge in [-0.2, -0.15) is 0 Å². The number of Topliss-reactive ketones (excluding diaryl/α,β-unsaturated/α-hetero) is 2. The highest BCUT2D eigenvalue weighted by atomic mass is 16.7. The van der Waals surface area contributed by atoms with Crippen LogP contribution in [0.15, 0.2) is 47.6 Å². The Kier molecular flexibility index (Phi) is 20.8. The summed E-state index contributed by atoms with van der Waals surface area (Å²) in [5, 5.41) is 58.5. The fraction of sp³-hybridized carbons (Fsp3) is 0.778. The average Bonchev–Trinajstić information content (AvgIpc) is 3.33. The van der Waals surface area contributed by atoms with Gasteiger partial charge < -0.3 is 58.9 Å². The van der Waals surface area contributed by atoms with Gasteiger partial charge in [-0.1, -0.05) is 71.1 Å². The summed E-state index contributed by atoms with van der Waals surface area (Å²) in [6.07, 6.45) is 7.61. The molecule has 0 aromatic rings. The van der Waals surface area contributed by atoms with Crippen LogP contribution in [0.4, 0.5) is 0 Å². The molecule has 0 spiro atoms. The van der Waals surface area contributed by atoms with Gasteiger partial charge in [-0.15, -0.1) is 0 Å². The SMILES string of the molecule is COC1C(=O)[C@H](C)C[C@H](C)/C=C/C=C/C=C(\C)[C@@H](OC)C[C@@H]2CC[C@@H](C)[C@@](O)(O2)[C@]2(O)C(=O)N3C(CCC[C@@H]32)C(=O)O[C@H]([C@H](C)C[C@@H]2CC[C@@H](O)[C@H](OC)C2)CC(=O)[C@H](C)/C=C(\C)C(O)[C@@H](OC)C1O. The predicted molar refractivity (Wildman–Crippen MR) is 261 cm³/mol. The van der Waals surface area contributed by atoms with Crippen LogP contribution < -0.4 is 0 Å². The summed E-state index contributed by atoms with van der Waals surface area (Å²) in [6, 6.07) is -2.02. The van der Waals surface area contributed by atoms with Crippen molar-refractivity contribution in [2.24, 2.45) is 35.5 Å². The highest BCUT2D eigenvalue weighted by Gasteiger charge is 2.75. The van der Waals surface area contributed by atoms with Gasteiger partial charge in [0.1, 0.15) is 42.3 Å². The van der Waals surface area contributed by atoms with E-state index in [2.05, 4.69) is 0 Å². The average molecular weight is 988 g/mol. The van der Waals surface area contributed by atoms with E-state index < -0.39 is 102 Å². The van der Waals surface area contributed by atoms with Gasteiger partial charge in [-0.3, -0.25) is 14.4 Å². The number of carbonyl (C=O) groups excluding carboxylic acids is 4. The van der Waals surface area contributed by atoms with E-state index in [0.717, 1.165) is 5.57 Å². The van der Waals surface area contributed by atoms with Crippen molar-refractivity contribution in [1.29, 1.82) is 0 Å². The minimum atomic E-state index is -2.33. The zero-order valence-corrected chi connectivity index (χ0v) is 43.5. The minimum Gasteiger partial charge on any atom is -0.460 e. The number of methoxy groups -OCH3 is 4. The van der Waals surface area contributed by atoms with Gasteiger partial charge in [0.2, 0.25) is 11.4 Å². The summed E-state index contributed by atoms with van der Waals surface area (Å²) in [5.74, 6) is -6.68. The number of hydrogen-bond acceptors (Lipinski definition) is 15. The largest absolute Gasteiger partial charge is 0.460 e. The van der Waals surface area contributed by atoms with Crippen molar-refractivity contribution in [3.63, 3.8) is 0 Å². The van der Waals surface area contributed by atoms with Crippen LogP contribution in [0.5, 0.6) is 0 Å². The van der Waals surface area contributed by atoms with Crippen molar-refractivity contribution in [3.8, 4) is 0 Å². The van der Waals surface area contributed by atoms with Gasteiger partial charge in [0.25, 0.3) is 5.91 Å². The molecule has 16 heteroatoms. The molecule has 4 bridgehead atoms. The van der Waals surface area contributed by atoms with Crippen molar-refractivity contribution >= 4 is 23.4 Å². The summed E-state index contributed by atoms with van der Waals surface area (Å²) >= 11 is 0. The number of ketones is 2. The molecule has 4 heterocycles. The maximum Gasteiger partial charge on any atom is 0.329 e. The molecule has 70 heavy (non-hydrogen) atoms. The van der Waals surface area contributed by atoms with Crippen LogP contribution in [0, 0.1) is 35.5 Å². The molecule has 16 nitrogen and oxygen atoms in total. The van der Waals surface area contributed by atoms with Crippen molar-refractivity contribution in [1.82, 2.24) is 4.90 Å². The van der Waals surface area contributed by atoms with Gasteiger partial charge in [0.05, 0.1) is 30.5 Å². The number of piperidine rings is 1. The molecule has 1 saturated carbocycles. The quantitative estimate of drug-likeness (QED) is 0.127. The Bertz CT molecular complexity index is 1920. The fourth-order valence-corrected chi connectivity index (χ4v) is 11.9. The van der Waals surface area contributed by atoms with Crippen LogP contribution in [0.25, 0.3) is 0 Å². The van der Waals surface area contributed by atoms with Gasteiger partial charge in [0.15, 0.2) is 5.78 Å². The number of ether oxygens (including phenoxy) is 6. The second kappa shape index (κ2) is 25.2. The Morgan fingerprint density at radius 2 is 1.53 bits per heavy atom. The molecule has 1 amide bonds. The van der Waals surface area contributed by atoms with Crippen LogP contribution in [0.3, 0.4) is 0 Å². The maximum absolute atomic E-state index is 14.5. The van der Waals surface area contributed by atoms with Crippen LogP contribution in [0.2, 0.25) is 0 Å². The Hall–Kier alpha value is -3.16. The molecule has 1 aliphatic carbocycles. The van der Waals surface area contributed by atoms with E-state index in [-0.39, 0.29) is 48.3 Å². The molecular weight excluding hydrogens is 903 g/mol. The zero-order chi connectivity index (χ0) is 51.8. The first-order chi connectivity index (χ1) is 33.1. The Morgan fingerprint density at radius 3 is 2.19 bits per heavy atom. The molecular formula is C54H85NO15. The molecule has 5 N–H and O–H groups in total. The molecule has 396 valence electrons. The first-order valence-corrected chi connectivity index (χ1v) is 25.7. The number of cyclic esters (lactones) is 1. The molecule has 0 aromatic carbocycles. The molecule has 3 saturated heterocycles. The Balaban J connectivity index is 1.48. The van der Waals surface area contributed by atoms with Crippen molar-refractivity contribution in [2.45, 2.75) is 204 Å². The Morgan fingerprint density at radius 1 is 0.814 bits per heavy atom. The van der Waals surface area contributed by atoms with Crippen molar-refractivity contribution in [2.75, 3.05) is 28.4 Å². The summed E-state index contributed by atoms with van der Waals surface area (Å²) < 4.78 is 35.3. The number of β-lactam (4-membered cyclic amide) rings is 1. The lowest BCUT2D eigenvalue weighted by molar-refractivity contribution is -0.376. The number of nitrogens with zero attached hydrogens (tertiary/aromatic N) is 1. The van der Waals surface area contributed by atoms with E-state index in [1.54, 1.807) is 48.0 Å². The van der Waals surface area contributed by atoms with E-state index in [1.165, 1.54) is 19.1 Å². The van der Waals surface area contributed by atoms with Gasteiger partial charge in [-0.25, -0.2) is 4.79 Å². The number of fused-ring (bicyclic) bond motifs is 5. The fourth-order valence-electron chi connectivity index (χ4n) is 11.9. The number of hydrogen-bond donors (Lipinski definition) is 5. The summed E-state index contributed by atoms with van der Waals surface area (Å²) in [7, 11) is 5.78. The van der Waals surface area contributed by atoms with Crippen LogP contribution in [-0.2, 0) is 47.6 Å². The van der Waals surface area contributed by atoms with Crippen LogP contribution >= 0.6 is 0 Å². The predicted octanol–water partition coefficient (Wildman–Crippen LogP) is 5.10. The lowest BCUT2D eigenvalue weighted by atomic mass is 9.65. The number of esters is 1.